The average molecular weight is 500 g/mol. The lowest BCUT2D eigenvalue weighted by Crippen LogP contribution is -2.25. The maximum absolute atomic E-state index is 14.7. The van der Waals surface area contributed by atoms with Crippen molar-refractivity contribution < 1.29 is 14.0 Å². The number of benzene rings is 2. The molecular formula is C29H30FN5O2. The number of hydrogen-bond donors (Lipinski definition) is 2. The number of anilines is 2. The Morgan fingerprint density at radius 2 is 1.95 bits per heavy atom. The van der Waals surface area contributed by atoms with E-state index < -0.39 is 5.82 Å². The third-order valence-corrected chi connectivity index (χ3v) is 6.48. The van der Waals surface area contributed by atoms with Crippen LogP contribution in [0.15, 0.2) is 61.5 Å². The third-order valence-electron chi connectivity index (χ3n) is 6.48. The molecule has 1 aromatic heterocycles. The fourth-order valence-corrected chi connectivity index (χ4v) is 4.10. The Hall–Kier alpha value is -4.33. The zero-order valence-corrected chi connectivity index (χ0v) is 21.0. The van der Waals surface area contributed by atoms with E-state index in [9.17, 15) is 14.0 Å². The van der Waals surface area contributed by atoms with E-state index in [2.05, 4.69) is 21.9 Å². The van der Waals surface area contributed by atoms with Gasteiger partial charge in [-0.05, 0) is 73.6 Å². The van der Waals surface area contributed by atoms with E-state index in [4.69, 9.17) is 5.73 Å². The minimum Gasteiger partial charge on any atom is -0.383 e. The van der Waals surface area contributed by atoms with Crippen LogP contribution in [-0.2, 0) is 4.79 Å². The second-order valence-corrected chi connectivity index (χ2v) is 9.15. The highest BCUT2D eigenvalue weighted by atomic mass is 19.1. The first-order valence-corrected chi connectivity index (χ1v) is 12.1. The molecule has 0 aliphatic heterocycles. The number of likely N-dealkylation sites (N-methyl/N-ethyl adjacent to an activating group) is 1. The minimum absolute atomic E-state index is 0.166. The number of halogens is 1. The van der Waals surface area contributed by atoms with E-state index in [1.807, 2.05) is 18.2 Å². The van der Waals surface area contributed by atoms with Crippen molar-refractivity contribution in [1.29, 1.82) is 0 Å². The van der Waals surface area contributed by atoms with E-state index in [0.717, 1.165) is 0 Å². The number of nitrogen functional groups attached to an aromatic ring is 1. The molecule has 4 rings (SSSR count). The lowest BCUT2D eigenvalue weighted by Gasteiger charge is -2.15. The number of nitrogens with two attached hydrogens (primary N) is 1. The van der Waals surface area contributed by atoms with E-state index in [1.54, 1.807) is 37.1 Å². The Labute approximate surface area is 215 Å². The normalized spacial score (nSPS) is 12.9. The first-order chi connectivity index (χ1) is 17.8. The number of aromatic nitrogens is 2. The van der Waals surface area contributed by atoms with E-state index in [-0.39, 0.29) is 17.6 Å². The maximum atomic E-state index is 14.7. The first-order valence-electron chi connectivity index (χ1n) is 12.1. The molecule has 2 amide bonds. The smallest absolute Gasteiger partial charge is 0.255 e. The van der Waals surface area contributed by atoms with Gasteiger partial charge in [-0.1, -0.05) is 30.9 Å². The summed E-state index contributed by atoms with van der Waals surface area (Å²) in [6.07, 6.45) is 9.14. The number of rotatable bonds is 9. The highest BCUT2D eigenvalue weighted by Crippen LogP contribution is 2.40. The van der Waals surface area contributed by atoms with Crippen molar-refractivity contribution in [3.05, 3.63) is 89.5 Å². The Balaban J connectivity index is 1.58. The van der Waals surface area contributed by atoms with Crippen molar-refractivity contribution in [2.75, 3.05) is 24.6 Å². The quantitative estimate of drug-likeness (QED) is 0.387. The molecule has 0 spiro atoms. The van der Waals surface area contributed by atoms with Gasteiger partial charge in [-0.25, -0.2) is 14.4 Å². The summed E-state index contributed by atoms with van der Waals surface area (Å²) in [7, 11) is 1.69. The summed E-state index contributed by atoms with van der Waals surface area (Å²) in [6, 6.07) is 10.2. The second-order valence-electron chi connectivity index (χ2n) is 9.15. The molecule has 0 radical (unpaired) electrons. The molecule has 3 aromatic rings. The predicted molar refractivity (Wildman–Crippen MR) is 144 cm³/mol. The van der Waals surface area contributed by atoms with Crippen LogP contribution in [0.2, 0.25) is 0 Å². The average Bonchev–Trinajstić information content (AvgIpc) is 3.74. The number of amides is 2. The van der Waals surface area contributed by atoms with Gasteiger partial charge in [-0.15, -0.1) is 0 Å². The van der Waals surface area contributed by atoms with Gasteiger partial charge in [-0.3, -0.25) is 9.59 Å². The highest BCUT2D eigenvalue weighted by Gasteiger charge is 2.23. The van der Waals surface area contributed by atoms with Gasteiger partial charge in [0.05, 0.1) is 5.69 Å². The van der Waals surface area contributed by atoms with Gasteiger partial charge in [0.25, 0.3) is 5.91 Å². The molecule has 0 bridgehead atoms. The fraction of sp³-hybridized carbons (Fsp3) is 0.241. The van der Waals surface area contributed by atoms with Crippen molar-refractivity contribution in [2.24, 2.45) is 0 Å². The summed E-state index contributed by atoms with van der Waals surface area (Å²) >= 11 is 0. The number of carbonyl (C=O) groups excluding carboxylic acids is 2. The molecule has 0 unspecified atom stereocenters. The third kappa shape index (κ3) is 6.09. The monoisotopic (exact) mass is 499 g/mol. The van der Waals surface area contributed by atoms with Crippen molar-refractivity contribution >= 4 is 29.4 Å². The van der Waals surface area contributed by atoms with Gasteiger partial charge in [0.1, 0.15) is 18.0 Å². The van der Waals surface area contributed by atoms with Crippen LogP contribution in [0.4, 0.5) is 15.9 Å². The van der Waals surface area contributed by atoms with E-state index >= 15 is 0 Å². The van der Waals surface area contributed by atoms with Gasteiger partial charge < -0.3 is 16.0 Å². The summed E-state index contributed by atoms with van der Waals surface area (Å²) in [5.74, 6) is -0.161. The van der Waals surface area contributed by atoms with Crippen molar-refractivity contribution in [3.63, 3.8) is 0 Å². The van der Waals surface area contributed by atoms with Crippen LogP contribution < -0.4 is 11.1 Å². The van der Waals surface area contributed by atoms with Crippen molar-refractivity contribution in [3.8, 4) is 11.3 Å². The number of carbonyl (C=O) groups is 2. The van der Waals surface area contributed by atoms with Gasteiger partial charge >= 0.3 is 0 Å². The summed E-state index contributed by atoms with van der Waals surface area (Å²) in [5.41, 5.74) is 10.4. The molecule has 37 heavy (non-hydrogen) atoms. The summed E-state index contributed by atoms with van der Waals surface area (Å²) in [6.45, 7) is 5.77. The predicted octanol–water partition coefficient (Wildman–Crippen LogP) is 5.35. The van der Waals surface area contributed by atoms with E-state index in [0.29, 0.717) is 52.5 Å². The molecule has 7 nitrogen and oxygen atoms in total. The Morgan fingerprint density at radius 3 is 2.62 bits per heavy atom. The fourth-order valence-electron chi connectivity index (χ4n) is 4.10. The Kier molecular flexibility index (Phi) is 7.77. The highest BCUT2D eigenvalue weighted by molar-refractivity contribution is 6.05. The van der Waals surface area contributed by atoms with Gasteiger partial charge in [0.2, 0.25) is 5.91 Å². The molecule has 0 atom stereocenters. The van der Waals surface area contributed by atoms with Crippen molar-refractivity contribution in [2.45, 2.75) is 32.1 Å². The van der Waals surface area contributed by atoms with Crippen LogP contribution in [0.3, 0.4) is 0 Å². The Bertz CT molecular complexity index is 1360. The molecule has 1 aliphatic rings. The SMILES string of the molecule is C=CC(=O)N(C)CC/C=C/c1c(N)ncnc1-c1cc(F)cc(NC(=O)c2ccc(C3CC3)cc2)c1C. The summed E-state index contributed by atoms with van der Waals surface area (Å²) in [5, 5.41) is 2.84. The zero-order valence-electron chi connectivity index (χ0n) is 21.0. The summed E-state index contributed by atoms with van der Waals surface area (Å²) in [4.78, 5) is 34.6. The minimum atomic E-state index is -0.517. The molecule has 8 heteroatoms. The van der Waals surface area contributed by atoms with Crippen LogP contribution in [0.25, 0.3) is 17.3 Å². The maximum Gasteiger partial charge on any atom is 0.255 e. The van der Waals surface area contributed by atoms with Crippen LogP contribution in [-0.4, -0.2) is 40.3 Å². The molecule has 1 heterocycles. The molecule has 2 aromatic carbocycles. The molecule has 1 saturated carbocycles. The van der Waals surface area contributed by atoms with Crippen LogP contribution in [0, 0.1) is 12.7 Å². The van der Waals surface area contributed by atoms with Crippen molar-refractivity contribution in [1.82, 2.24) is 14.9 Å². The lowest BCUT2D eigenvalue weighted by atomic mass is 9.99. The molecule has 0 saturated heterocycles. The van der Waals surface area contributed by atoms with Crippen LogP contribution in [0.5, 0.6) is 0 Å². The number of nitrogens with zero attached hydrogens (tertiary/aromatic N) is 3. The summed E-state index contributed by atoms with van der Waals surface area (Å²) < 4.78 is 14.7. The molecule has 190 valence electrons. The Morgan fingerprint density at radius 1 is 1.22 bits per heavy atom. The molecular weight excluding hydrogens is 469 g/mol. The largest absolute Gasteiger partial charge is 0.383 e. The lowest BCUT2D eigenvalue weighted by molar-refractivity contribution is -0.124. The standard InChI is InChI=1S/C29H30FN5O2/c1-4-26(36)35(3)14-6-5-7-23-27(32-17-33-28(23)31)24-15-22(30)16-25(18(24)2)34-29(37)21-12-10-20(11-13-21)19-8-9-19/h4-5,7,10-13,15-17,19H,1,6,8-9,14H2,2-3H3,(H,34,37)(H2,31,32,33)/b7-5+. The number of nitrogens with one attached hydrogen (secondary N) is 1. The molecule has 1 fully saturated rings. The topological polar surface area (TPSA) is 101 Å². The van der Waals surface area contributed by atoms with Gasteiger partial charge in [0, 0.05) is 36.0 Å². The molecule has 1 aliphatic carbocycles. The van der Waals surface area contributed by atoms with Gasteiger partial charge in [0.15, 0.2) is 0 Å². The zero-order chi connectivity index (χ0) is 26.5. The molecule has 3 N–H and O–H groups in total. The van der Waals surface area contributed by atoms with E-state index in [1.165, 1.54) is 42.9 Å². The first kappa shape index (κ1) is 25.8. The van der Waals surface area contributed by atoms with Crippen LogP contribution in [0.1, 0.15) is 52.2 Å². The van der Waals surface area contributed by atoms with Crippen LogP contribution >= 0.6 is 0 Å². The second kappa shape index (κ2) is 11.2. The van der Waals surface area contributed by atoms with Gasteiger partial charge in [-0.2, -0.15) is 0 Å². The number of hydrogen-bond acceptors (Lipinski definition) is 5.